The van der Waals surface area contributed by atoms with Gasteiger partial charge in [-0.05, 0) is 30.3 Å². The summed E-state index contributed by atoms with van der Waals surface area (Å²) in [7, 11) is 0. The number of hydrogen-bond donors (Lipinski definition) is 0. The van der Waals surface area contributed by atoms with Crippen molar-refractivity contribution in [2.45, 2.75) is 6.17 Å². The minimum absolute atomic E-state index is 0.528. The summed E-state index contributed by atoms with van der Waals surface area (Å²) in [6.45, 7) is 0. The Hall–Kier alpha value is -3.73. The zero-order valence-corrected chi connectivity index (χ0v) is 14.6. The third-order valence-corrected chi connectivity index (χ3v) is 3.99. The van der Waals surface area contributed by atoms with Crippen molar-refractivity contribution in [3.05, 3.63) is 103 Å². The van der Waals surface area contributed by atoms with Crippen molar-refractivity contribution in [2.24, 2.45) is 20.5 Å². The largest absolute Gasteiger partial charge is 0.227 e. The van der Waals surface area contributed by atoms with Crippen molar-refractivity contribution in [3.63, 3.8) is 0 Å². The minimum atomic E-state index is -0.528. The molecule has 0 N–H and O–H groups in total. The number of para-hydroxylation sites is 1. The maximum Gasteiger partial charge on any atom is 0.206 e. The van der Waals surface area contributed by atoms with Crippen molar-refractivity contribution < 1.29 is 0 Å². The number of pyridine rings is 1. The maximum atomic E-state index is 4.53. The van der Waals surface area contributed by atoms with Gasteiger partial charge in [-0.2, -0.15) is 15.3 Å². The van der Waals surface area contributed by atoms with Crippen LogP contribution in [0.25, 0.3) is 10.9 Å². The first-order chi connectivity index (χ1) is 13.4. The summed E-state index contributed by atoms with van der Waals surface area (Å²) in [5, 5.41) is 18.4. The van der Waals surface area contributed by atoms with Crippen molar-refractivity contribution in [2.75, 3.05) is 0 Å². The summed E-state index contributed by atoms with van der Waals surface area (Å²) < 4.78 is 0. The fraction of sp³-hybridized carbons (Fsp3) is 0.0455. The Morgan fingerprint density at radius 1 is 0.593 bits per heavy atom. The van der Waals surface area contributed by atoms with Crippen LogP contribution in [0.5, 0.6) is 0 Å². The number of hydrogen-bond acceptors (Lipinski definition) is 5. The number of aromatic nitrogens is 1. The molecule has 130 valence electrons. The summed E-state index contributed by atoms with van der Waals surface area (Å²) in [6.07, 6.45) is -0.528. The van der Waals surface area contributed by atoms with Gasteiger partial charge in [-0.15, -0.1) is 5.11 Å². The van der Waals surface area contributed by atoms with Gasteiger partial charge in [-0.3, -0.25) is 0 Å². The SMILES string of the molecule is c1ccc(N=NC(N=Nc2ccc3ccccc3n2)c2ccccc2)cc1. The van der Waals surface area contributed by atoms with Crippen LogP contribution in [0, 0.1) is 0 Å². The number of benzene rings is 3. The molecule has 0 bridgehead atoms. The number of fused-ring (bicyclic) bond motifs is 1. The average Bonchev–Trinajstić information content (AvgIpc) is 2.75. The molecule has 1 aromatic heterocycles. The van der Waals surface area contributed by atoms with Crippen LogP contribution in [0.1, 0.15) is 11.7 Å². The lowest BCUT2D eigenvalue weighted by atomic mass is 10.2. The Morgan fingerprint density at radius 3 is 2.07 bits per heavy atom. The van der Waals surface area contributed by atoms with E-state index in [1.165, 1.54) is 0 Å². The highest BCUT2D eigenvalue weighted by atomic mass is 15.3. The van der Waals surface area contributed by atoms with Gasteiger partial charge in [-0.1, -0.05) is 66.7 Å². The maximum absolute atomic E-state index is 4.53. The molecule has 5 nitrogen and oxygen atoms in total. The molecule has 3 aromatic carbocycles. The monoisotopic (exact) mass is 351 g/mol. The highest BCUT2D eigenvalue weighted by molar-refractivity contribution is 5.79. The van der Waals surface area contributed by atoms with Crippen molar-refractivity contribution in [1.82, 2.24) is 4.98 Å². The summed E-state index contributed by atoms with van der Waals surface area (Å²) in [5.41, 5.74) is 2.58. The van der Waals surface area contributed by atoms with Gasteiger partial charge < -0.3 is 0 Å². The highest BCUT2D eigenvalue weighted by Gasteiger charge is 2.08. The molecule has 1 heterocycles. The molecule has 0 saturated carbocycles. The van der Waals surface area contributed by atoms with E-state index in [4.69, 9.17) is 0 Å². The Balaban J connectivity index is 1.63. The van der Waals surface area contributed by atoms with Gasteiger partial charge in [0.2, 0.25) is 6.17 Å². The Kier molecular flexibility index (Phi) is 5.02. The molecular formula is C22H17N5. The van der Waals surface area contributed by atoms with Crippen molar-refractivity contribution >= 4 is 22.4 Å². The van der Waals surface area contributed by atoms with Gasteiger partial charge in [0.05, 0.1) is 11.2 Å². The first-order valence-corrected chi connectivity index (χ1v) is 8.66. The molecule has 5 heteroatoms. The Bertz CT molecular complexity index is 1080. The quantitative estimate of drug-likeness (QED) is 0.365. The van der Waals surface area contributed by atoms with E-state index >= 15 is 0 Å². The molecule has 4 aromatic rings. The van der Waals surface area contributed by atoms with Gasteiger partial charge in [0, 0.05) is 10.9 Å². The van der Waals surface area contributed by atoms with Crippen molar-refractivity contribution in [1.29, 1.82) is 0 Å². The molecule has 0 amide bonds. The average molecular weight is 351 g/mol. The van der Waals surface area contributed by atoms with E-state index in [-0.39, 0.29) is 0 Å². The zero-order chi connectivity index (χ0) is 18.3. The third kappa shape index (κ3) is 4.27. The second-order valence-corrected chi connectivity index (χ2v) is 5.91. The van der Waals surface area contributed by atoms with E-state index in [0.29, 0.717) is 5.82 Å². The number of rotatable bonds is 5. The van der Waals surface area contributed by atoms with E-state index in [1.807, 2.05) is 97.1 Å². The van der Waals surface area contributed by atoms with E-state index < -0.39 is 6.17 Å². The second kappa shape index (κ2) is 8.10. The third-order valence-electron chi connectivity index (χ3n) is 3.99. The molecule has 0 radical (unpaired) electrons. The fourth-order valence-corrected chi connectivity index (χ4v) is 2.62. The van der Waals surface area contributed by atoms with E-state index in [1.54, 1.807) is 0 Å². The van der Waals surface area contributed by atoms with Gasteiger partial charge >= 0.3 is 0 Å². The lowest BCUT2D eigenvalue weighted by molar-refractivity contribution is 0.687. The predicted octanol–water partition coefficient (Wildman–Crippen LogP) is 6.80. The van der Waals surface area contributed by atoms with Crippen LogP contribution in [0.3, 0.4) is 0 Å². The van der Waals surface area contributed by atoms with Crippen LogP contribution in [0.4, 0.5) is 11.5 Å². The standard InChI is InChI=1S/C22H17N5/c1-3-10-18(11-4-1)22(26-24-19-12-5-2-6-13-19)27-25-21-16-15-17-9-7-8-14-20(17)23-21/h1-16,22H. The van der Waals surface area contributed by atoms with Gasteiger partial charge in [0.15, 0.2) is 5.82 Å². The second-order valence-electron chi connectivity index (χ2n) is 5.91. The van der Waals surface area contributed by atoms with Crippen LogP contribution >= 0.6 is 0 Å². The molecular weight excluding hydrogens is 334 g/mol. The molecule has 0 aliphatic rings. The van der Waals surface area contributed by atoms with Crippen LogP contribution in [-0.2, 0) is 0 Å². The lowest BCUT2D eigenvalue weighted by Crippen LogP contribution is -1.89. The Morgan fingerprint density at radius 2 is 1.26 bits per heavy atom. The summed E-state index contributed by atoms with van der Waals surface area (Å²) in [5.74, 6) is 0.546. The molecule has 0 fully saturated rings. The van der Waals surface area contributed by atoms with Crippen molar-refractivity contribution in [3.8, 4) is 0 Å². The predicted molar refractivity (Wildman–Crippen MR) is 106 cm³/mol. The normalized spacial score (nSPS) is 12.7. The molecule has 0 aliphatic heterocycles. The lowest BCUT2D eigenvalue weighted by Gasteiger charge is -2.05. The molecule has 1 atom stereocenters. The molecule has 0 aliphatic carbocycles. The van der Waals surface area contributed by atoms with E-state index in [2.05, 4.69) is 25.4 Å². The smallest absolute Gasteiger partial charge is 0.206 e. The number of azo groups is 2. The molecule has 0 spiro atoms. The molecule has 4 rings (SSSR count). The minimum Gasteiger partial charge on any atom is -0.227 e. The molecule has 27 heavy (non-hydrogen) atoms. The van der Waals surface area contributed by atoms with Crippen LogP contribution < -0.4 is 0 Å². The van der Waals surface area contributed by atoms with Gasteiger partial charge in [-0.25, -0.2) is 4.98 Å². The highest BCUT2D eigenvalue weighted by Crippen LogP contribution is 2.25. The van der Waals surface area contributed by atoms with Gasteiger partial charge in [0.25, 0.3) is 0 Å². The first-order valence-electron chi connectivity index (χ1n) is 8.66. The van der Waals surface area contributed by atoms with E-state index in [0.717, 1.165) is 22.2 Å². The van der Waals surface area contributed by atoms with E-state index in [9.17, 15) is 0 Å². The summed E-state index contributed by atoms with van der Waals surface area (Å²) in [6, 6.07) is 31.1. The molecule has 0 saturated heterocycles. The summed E-state index contributed by atoms with van der Waals surface area (Å²) >= 11 is 0. The van der Waals surface area contributed by atoms with Crippen LogP contribution in [-0.4, -0.2) is 4.98 Å². The fourth-order valence-electron chi connectivity index (χ4n) is 2.62. The summed E-state index contributed by atoms with van der Waals surface area (Å²) in [4.78, 5) is 4.53. The first kappa shape index (κ1) is 16.7. The Labute approximate surface area is 157 Å². The van der Waals surface area contributed by atoms with Crippen LogP contribution in [0.15, 0.2) is 118 Å². The van der Waals surface area contributed by atoms with Gasteiger partial charge in [0.1, 0.15) is 0 Å². The van der Waals surface area contributed by atoms with Crippen LogP contribution in [0.2, 0.25) is 0 Å². The zero-order valence-electron chi connectivity index (χ0n) is 14.6. The molecule has 1 unspecified atom stereocenters. The number of nitrogens with zero attached hydrogens (tertiary/aromatic N) is 5. The topological polar surface area (TPSA) is 62.3 Å².